The fraction of sp³-hybridized carbons (Fsp3) is 0.273. The van der Waals surface area contributed by atoms with E-state index in [1.165, 1.54) is 0 Å². The van der Waals surface area contributed by atoms with Crippen LogP contribution in [-0.2, 0) is 13.1 Å². The smallest absolute Gasteiger partial charge is 0.0897 e. The van der Waals surface area contributed by atoms with Crippen molar-refractivity contribution < 1.29 is 0 Å². The molecule has 0 radical (unpaired) electrons. The molecule has 2 heterocycles. The molecule has 0 bridgehead atoms. The molecule has 2 aromatic rings. The van der Waals surface area contributed by atoms with Gasteiger partial charge in [0.2, 0.25) is 0 Å². The van der Waals surface area contributed by atoms with Gasteiger partial charge in [-0.25, -0.2) is 4.98 Å². The van der Waals surface area contributed by atoms with Gasteiger partial charge in [0.05, 0.1) is 21.4 Å². The van der Waals surface area contributed by atoms with Gasteiger partial charge in [0.1, 0.15) is 0 Å². The van der Waals surface area contributed by atoms with Crippen molar-refractivity contribution in [3.05, 3.63) is 45.1 Å². The van der Waals surface area contributed by atoms with Gasteiger partial charge >= 0.3 is 0 Å². The number of hydrogen-bond acceptors (Lipinski definition) is 4. The first-order valence-corrected chi connectivity index (χ1v) is 6.22. The quantitative estimate of drug-likeness (QED) is 0.911. The molecular formula is C11H12ClN3S. The van der Waals surface area contributed by atoms with Gasteiger partial charge in [0, 0.05) is 24.7 Å². The van der Waals surface area contributed by atoms with E-state index in [2.05, 4.69) is 20.7 Å². The molecule has 2 aromatic heterocycles. The van der Waals surface area contributed by atoms with Crippen molar-refractivity contribution >= 4 is 22.9 Å². The second-order valence-corrected chi connectivity index (χ2v) is 4.93. The van der Waals surface area contributed by atoms with Crippen LogP contribution in [0.3, 0.4) is 0 Å². The fourth-order valence-electron chi connectivity index (χ4n) is 1.32. The van der Waals surface area contributed by atoms with E-state index in [-0.39, 0.29) is 0 Å². The third kappa shape index (κ3) is 3.27. The van der Waals surface area contributed by atoms with E-state index in [9.17, 15) is 0 Å². The number of rotatable bonds is 4. The lowest BCUT2D eigenvalue weighted by molar-refractivity contribution is 0.669. The van der Waals surface area contributed by atoms with Gasteiger partial charge < -0.3 is 5.32 Å². The van der Waals surface area contributed by atoms with Crippen molar-refractivity contribution in [2.75, 3.05) is 0 Å². The summed E-state index contributed by atoms with van der Waals surface area (Å²) in [6.07, 6.45) is 1.66. The van der Waals surface area contributed by atoms with Crippen molar-refractivity contribution in [3.63, 3.8) is 0 Å². The highest BCUT2D eigenvalue weighted by Gasteiger charge is 1.98. The van der Waals surface area contributed by atoms with Crippen LogP contribution in [0.1, 0.15) is 16.4 Å². The number of aromatic nitrogens is 2. The van der Waals surface area contributed by atoms with Crippen molar-refractivity contribution in [3.8, 4) is 0 Å². The molecule has 0 aliphatic heterocycles. The predicted molar refractivity (Wildman–Crippen MR) is 66.6 cm³/mol. The molecule has 1 N–H and O–H groups in total. The van der Waals surface area contributed by atoms with E-state index in [0.29, 0.717) is 5.02 Å². The molecule has 0 spiro atoms. The maximum Gasteiger partial charge on any atom is 0.0897 e. The SMILES string of the molecule is Cc1nc(CNCc2ccc(Cl)cn2)cs1. The summed E-state index contributed by atoms with van der Waals surface area (Å²) < 4.78 is 0. The van der Waals surface area contributed by atoms with Crippen LogP contribution < -0.4 is 5.32 Å². The van der Waals surface area contributed by atoms with Crippen molar-refractivity contribution in [1.29, 1.82) is 0 Å². The predicted octanol–water partition coefficient (Wildman–Crippen LogP) is 2.79. The monoisotopic (exact) mass is 253 g/mol. The lowest BCUT2D eigenvalue weighted by atomic mass is 10.3. The van der Waals surface area contributed by atoms with Gasteiger partial charge in [-0.15, -0.1) is 11.3 Å². The minimum atomic E-state index is 0.666. The number of aryl methyl sites for hydroxylation is 1. The number of halogens is 1. The summed E-state index contributed by atoms with van der Waals surface area (Å²) in [7, 11) is 0. The Morgan fingerprint density at radius 3 is 2.75 bits per heavy atom. The van der Waals surface area contributed by atoms with Crippen molar-refractivity contribution in [2.45, 2.75) is 20.0 Å². The summed E-state index contributed by atoms with van der Waals surface area (Å²) in [6.45, 7) is 3.51. The first-order chi connectivity index (χ1) is 7.74. The third-order valence-electron chi connectivity index (χ3n) is 2.07. The highest BCUT2D eigenvalue weighted by molar-refractivity contribution is 7.09. The van der Waals surface area contributed by atoms with Gasteiger partial charge in [-0.2, -0.15) is 0 Å². The highest BCUT2D eigenvalue weighted by atomic mass is 35.5. The van der Waals surface area contributed by atoms with Gasteiger partial charge in [-0.05, 0) is 19.1 Å². The maximum absolute atomic E-state index is 5.75. The molecule has 84 valence electrons. The number of pyridine rings is 1. The second-order valence-electron chi connectivity index (χ2n) is 3.43. The topological polar surface area (TPSA) is 37.8 Å². The Hall–Kier alpha value is -0.970. The summed E-state index contributed by atoms with van der Waals surface area (Å²) >= 11 is 7.42. The molecule has 0 saturated carbocycles. The lowest BCUT2D eigenvalue weighted by Crippen LogP contribution is -2.13. The van der Waals surface area contributed by atoms with Gasteiger partial charge in [-0.1, -0.05) is 11.6 Å². The Morgan fingerprint density at radius 1 is 1.31 bits per heavy atom. The number of nitrogens with zero attached hydrogens (tertiary/aromatic N) is 2. The minimum Gasteiger partial charge on any atom is -0.305 e. The van der Waals surface area contributed by atoms with E-state index in [1.54, 1.807) is 17.5 Å². The molecule has 5 heteroatoms. The Bertz CT molecular complexity index is 453. The molecule has 0 aromatic carbocycles. The van der Waals surface area contributed by atoms with Crippen LogP contribution in [0.2, 0.25) is 5.02 Å². The average molecular weight is 254 g/mol. The maximum atomic E-state index is 5.75. The highest BCUT2D eigenvalue weighted by Crippen LogP contribution is 2.08. The summed E-state index contributed by atoms with van der Waals surface area (Å²) in [4.78, 5) is 8.57. The minimum absolute atomic E-state index is 0.666. The van der Waals surface area contributed by atoms with E-state index >= 15 is 0 Å². The van der Waals surface area contributed by atoms with Crippen LogP contribution in [0.4, 0.5) is 0 Å². The Kier molecular flexibility index (Phi) is 3.88. The van der Waals surface area contributed by atoms with Gasteiger partial charge in [-0.3, -0.25) is 4.98 Å². The molecule has 0 atom stereocenters. The van der Waals surface area contributed by atoms with Crippen molar-refractivity contribution in [2.24, 2.45) is 0 Å². The first kappa shape index (κ1) is 11.5. The lowest BCUT2D eigenvalue weighted by Gasteiger charge is -2.02. The molecule has 0 aliphatic carbocycles. The first-order valence-electron chi connectivity index (χ1n) is 4.96. The average Bonchev–Trinajstić information content (AvgIpc) is 2.67. The van der Waals surface area contributed by atoms with Gasteiger partial charge in [0.15, 0.2) is 0 Å². The molecule has 0 unspecified atom stereocenters. The zero-order valence-corrected chi connectivity index (χ0v) is 10.5. The Labute approximate surface area is 104 Å². The van der Waals surface area contributed by atoms with Crippen LogP contribution in [0.15, 0.2) is 23.7 Å². The fourth-order valence-corrected chi connectivity index (χ4v) is 2.04. The second kappa shape index (κ2) is 5.39. The van der Waals surface area contributed by atoms with E-state index < -0.39 is 0 Å². The van der Waals surface area contributed by atoms with Crippen molar-refractivity contribution in [1.82, 2.24) is 15.3 Å². The van der Waals surface area contributed by atoms with Gasteiger partial charge in [0.25, 0.3) is 0 Å². The number of hydrogen-bond donors (Lipinski definition) is 1. The van der Waals surface area contributed by atoms with Crippen LogP contribution in [0, 0.1) is 6.92 Å². The molecule has 0 saturated heterocycles. The summed E-state index contributed by atoms with van der Waals surface area (Å²) in [6, 6.07) is 3.76. The zero-order valence-electron chi connectivity index (χ0n) is 8.90. The van der Waals surface area contributed by atoms with Crippen LogP contribution >= 0.6 is 22.9 Å². The Balaban J connectivity index is 1.82. The standard InChI is InChI=1S/C11H12ClN3S/c1-8-15-11(7-16-8)6-13-5-10-3-2-9(12)4-14-10/h2-4,7,13H,5-6H2,1H3. The molecule has 2 rings (SSSR count). The molecular weight excluding hydrogens is 242 g/mol. The summed E-state index contributed by atoms with van der Waals surface area (Å²) in [5.41, 5.74) is 2.06. The van der Waals surface area contributed by atoms with E-state index in [4.69, 9.17) is 11.6 Å². The Morgan fingerprint density at radius 2 is 2.12 bits per heavy atom. The van der Waals surface area contributed by atoms with E-state index in [1.807, 2.05) is 19.1 Å². The molecule has 16 heavy (non-hydrogen) atoms. The van der Waals surface area contributed by atoms with Crippen LogP contribution in [-0.4, -0.2) is 9.97 Å². The zero-order chi connectivity index (χ0) is 11.4. The number of nitrogens with one attached hydrogen (secondary N) is 1. The molecule has 0 amide bonds. The van der Waals surface area contributed by atoms with E-state index in [0.717, 1.165) is 29.5 Å². The summed E-state index contributed by atoms with van der Waals surface area (Å²) in [5.74, 6) is 0. The number of thiazole rings is 1. The van der Waals surface area contributed by atoms with Crippen LogP contribution in [0.5, 0.6) is 0 Å². The van der Waals surface area contributed by atoms with Crippen LogP contribution in [0.25, 0.3) is 0 Å². The molecule has 0 fully saturated rings. The summed E-state index contributed by atoms with van der Waals surface area (Å²) in [5, 5.41) is 7.12. The largest absolute Gasteiger partial charge is 0.305 e. The molecule has 0 aliphatic rings. The third-order valence-corrected chi connectivity index (χ3v) is 3.11. The normalized spacial score (nSPS) is 10.6. The molecule has 3 nitrogen and oxygen atoms in total.